The third-order valence-corrected chi connectivity index (χ3v) is 6.56. The molecule has 6 rings (SSSR count). The van der Waals surface area contributed by atoms with Crippen LogP contribution in [0, 0.1) is 18.7 Å². The Labute approximate surface area is 235 Å². The Bertz CT molecular complexity index is 1410. The van der Waals surface area contributed by atoms with Gasteiger partial charge in [0.2, 0.25) is 5.95 Å². The molecule has 2 aromatic carbocycles. The summed E-state index contributed by atoms with van der Waals surface area (Å²) in [7, 11) is 0. The highest BCUT2D eigenvalue weighted by molar-refractivity contribution is 5.98. The molecule has 2 aliphatic heterocycles. The molecule has 0 spiro atoms. The molecule has 212 valence electrons. The van der Waals surface area contributed by atoms with Gasteiger partial charge in [-0.05, 0) is 37.3 Å². The van der Waals surface area contributed by atoms with Gasteiger partial charge in [0.1, 0.15) is 5.82 Å². The Kier molecular flexibility index (Phi) is 9.76. The molecule has 0 radical (unpaired) electrons. The maximum Gasteiger partial charge on any atom is 0.256 e. The van der Waals surface area contributed by atoms with E-state index in [1.54, 1.807) is 24.7 Å². The number of benzene rings is 2. The van der Waals surface area contributed by atoms with Crippen LogP contribution in [0.5, 0.6) is 0 Å². The van der Waals surface area contributed by atoms with Crippen molar-refractivity contribution in [1.82, 2.24) is 29.9 Å². The number of anilines is 1. The van der Waals surface area contributed by atoms with Gasteiger partial charge in [0.15, 0.2) is 0 Å². The molecule has 2 saturated heterocycles. The predicted molar refractivity (Wildman–Crippen MR) is 154 cm³/mol. The van der Waals surface area contributed by atoms with Crippen molar-refractivity contribution in [1.29, 1.82) is 0 Å². The smallest absolute Gasteiger partial charge is 0.256 e. The first-order chi connectivity index (χ1) is 19.5. The molecule has 2 aromatic heterocycles. The number of hydrogen-bond donors (Lipinski definition) is 0. The lowest BCUT2D eigenvalue weighted by Crippen LogP contribution is -2.46. The molecule has 0 saturated carbocycles. The minimum Gasteiger partial charge on any atom is -0.379 e. The zero-order valence-electron chi connectivity index (χ0n) is 23.9. The summed E-state index contributed by atoms with van der Waals surface area (Å²) in [6, 6.07) is 10.1. The fourth-order valence-corrected chi connectivity index (χ4v) is 4.89. The number of carbonyl (C=O) groups excluding carboxylic acids is 1. The van der Waals surface area contributed by atoms with Gasteiger partial charge in [-0.3, -0.25) is 4.79 Å². The third kappa shape index (κ3) is 6.44. The summed E-state index contributed by atoms with van der Waals surface area (Å²) in [4.78, 5) is 28.6. The van der Waals surface area contributed by atoms with Crippen molar-refractivity contribution in [3.05, 3.63) is 71.9 Å². The van der Waals surface area contributed by atoms with Crippen LogP contribution in [0.15, 0.2) is 55.0 Å². The highest BCUT2D eigenvalue weighted by Gasteiger charge is 2.37. The van der Waals surface area contributed by atoms with Crippen molar-refractivity contribution < 1.29 is 13.9 Å². The lowest BCUT2D eigenvalue weighted by atomic mass is 10.1. The summed E-state index contributed by atoms with van der Waals surface area (Å²) >= 11 is 0. The number of hydrogen-bond acceptors (Lipinski definition) is 7. The number of aryl methyl sites for hydroxylation is 1. The Morgan fingerprint density at radius 1 is 1.02 bits per heavy atom. The van der Waals surface area contributed by atoms with Crippen molar-refractivity contribution in [2.45, 2.75) is 47.1 Å². The quantitative estimate of drug-likeness (QED) is 0.353. The lowest BCUT2D eigenvalue weighted by Gasteiger charge is -2.31. The summed E-state index contributed by atoms with van der Waals surface area (Å²) in [5.41, 5.74) is 2.89. The molecule has 2 atom stereocenters. The van der Waals surface area contributed by atoms with Crippen molar-refractivity contribution >= 4 is 22.8 Å². The number of rotatable bonds is 3. The van der Waals surface area contributed by atoms with Crippen molar-refractivity contribution in [3.63, 3.8) is 0 Å². The van der Waals surface area contributed by atoms with Gasteiger partial charge in [0.25, 0.3) is 5.91 Å². The van der Waals surface area contributed by atoms with Crippen LogP contribution in [0.1, 0.15) is 50.0 Å². The lowest BCUT2D eigenvalue weighted by molar-refractivity contribution is 0.0496. The molecule has 2 bridgehead atoms. The number of carbonyl (C=O) groups is 1. The first-order valence-electron chi connectivity index (χ1n) is 14.0. The van der Waals surface area contributed by atoms with E-state index in [9.17, 15) is 9.18 Å². The number of halogens is 1. The first-order valence-corrected chi connectivity index (χ1v) is 14.0. The zero-order chi connectivity index (χ0) is 28.6. The van der Waals surface area contributed by atoms with Crippen LogP contribution in [0.4, 0.5) is 10.3 Å². The molecule has 10 heteroatoms. The fourth-order valence-electron chi connectivity index (χ4n) is 4.89. The highest BCUT2D eigenvalue weighted by atomic mass is 19.1. The minimum absolute atomic E-state index is 0.0605. The Morgan fingerprint density at radius 2 is 1.77 bits per heavy atom. The van der Waals surface area contributed by atoms with Crippen molar-refractivity contribution in [2.75, 3.05) is 37.7 Å². The van der Waals surface area contributed by atoms with Gasteiger partial charge in [-0.15, -0.1) is 0 Å². The average molecular weight is 548 g/mol. The monoisotopic (exact) mass is 547 g/mol. The summed E-state index contributed by atoms with van der Waals surface area (Å²) in [6.45, 7) is 12.9. The van der Waals surface area contributed by atoms with Crippen LogP contribution in [-0.4, -0.2) is 74.7 Å². The van der Waals surface area contributed by atoms with Gasteiger partial charge < -0.3 is 14.5 Å². The van der Waals surface area contributed by atoms with E-state index in [1.165, 1.54) is 23.4 Å². The van der Waals surface area contributed by atoms with Crippen LogP contribution in [-0.2, 0) is 4.74 Å². The molecule has 0 aliphatic carbocycles. The number of aromatic nitrogens is 5. The maximum absolute atomic E-state index is 13.8. The molecular formula is C30H38FN7O2. The van der Waals surface area contributed by atoms with Gasteiger partial charge in [-0.1, -0.05) is 45.7 Å². The molecule has 0 N–H and O–H groups in total. The second-order valence-corrected chi connectivity index (χ2v) is 9.84. The molecule has 9 nitrogen and oxygen atoms in total. The summed E-state index contributed by atoms with van der Waals surface area (Å²) in [5.74, 6) is 0.281. The summed E-state index contributed by atoms with van der Waals surface area (Å²) in [5, 5.41) is 9.11. The van der Waals surface area contributed by atoms with Gasteiger partial charge in [-0.25, -0.2) is 14.4 Å². The molecule has 2 unspecified atom stereocenters. The van der Waals surface area contributed by atoms with Crippen LogP contribution in [0.3, 0.4) is 0 Å². The van der Waals surface area contributed by atoms with E-state index < -0.39 is 0 Å². The largest absolute Gasteiger partial charge is 0.379 e. The van der Waals surface area contributed by atoms with Gasteiger partial charge in [0, 0.05) is 37.1 Å². The first kappa shape index (κ1) is 29.1. The maximum atomic E-state index is 13.8. The van der Waals surface area contributed by atoms with E-state index in [4.69, 9.17) is 9.72 Å². The number of nitrogens with zero attached hydrogens (tertiary/aromatic N) is 7. The third-order valence-electron chi connectivity index (χ3n) is 6.56. The predicted octanol–water partition coefficient (Wildman–Crippen LogP) is 5.08. The second kappa shape index (κ2) is 13.4. The molecule has 4 aromatic rings. The molecule has 40 heavy (non-hydrogen) atoms. The topological polar surface area (TPSA) is 89.3 Å². The molecular weight excluding hydrogens is 509 g/mol. The Balaban J connectivity index is 0.000000695. The van der Waals surface area contributed by atoms with Crippen LogP contribution >= 0.6 is 0 Å². The van der Waals surface area contributed by atoms with Crippen LogP contribution in [0.25, 0.3) is 16.6 Å². The van der Waals surface area contributed by atoms with Crippen LogP contribution in [0.2, 0.25) is 0 Å². The minimum atomic E-state index is -0.317. The molecule has 2 fully saturated rings. The summed E-state index contributed by atoms with van der Waals surface area (Å²) in [6.07, 6.45) is 6.09. The van der Waals surface area contributed by atoms with E-state index >= 15 is 0 Å². The number of ether oxygens (including phenoxy) is 1. The molecule has 2 aliphatic rings. The SMILES string of the molecule is CC.CCC.Cc1ccc(-n2nccn2)c(C(=O)N2CC3COCC(C2)N(c2ncc4cc(F)ccc4n2)C3)c1. The standard InChI is InChI=1S/C25H24FN7O2.C3H8.C2H6/c1-16-2-5-23(33-28-6-7-29-33)21(8-16)24(34)31-11-17-12-32(20(13-31)15-35-14-17)25-27-10-18-9-19(26)3-4-22(18)30-25;1-3-2;1-2/h2-10,17,20H,11-15H2,1H3;3H2,1-2H3;1-2H3. The Hall–Kier alpha value is -3.92. The Morgan fingerprint density at radius 3 is 2.52 bits per heavy atom. The van der Waals surface area contributed by atoms with E-state index in [0.717, 1.165) is 5.56 Å². The van der Waals surface area contributed by atoms with Crippen molar-refractivity contribution in [2.24, 2.45) is 5.92 Å². The van der Waals surface area contributed by atoms with E-state index in [-0.39, 0.29) is 23.7 Å². The van der Waals surface area contributed by atoms with Gasteiger partial charge in [-0.2, -0.15) is 15.0 Å². The molecule has 1 amide bonds. The van der Waals surface area contributed by atoms with Crippen LogP contribution < -0.4 is 4.90 Å². The second-order valence-electron chi connectivity index (χ2n) is 9.84. The van der Waals surface area contributed by atoms with E-state index in [1.807, 2.05) is 43.9 Å². The highest BCUT2D eigenvalue weighted by Crippen LogP contribution is 2.27. The van der Waals surface area contributed by atoms with E-state index in [2.05, 4.69) is 33.9 Å². The number of amides is 1. The van der Waals surface area contributed by atoms with Gasteiger partial charge in [0.05, 0.1) is 48.4 Å². The number of fused-ring (bicyclic) bond motifs is 4. The normalized spacial score (nSPS) is 18.2. The van der Waals surface area contributed by atoms with Crippen molar-refractivity contribution in [3.8, 4) is 5.69 Å². The average Bonchev–Trinajstić information content (AvgIpc) is 3.33. The van der Waals surface area contributed by atoms with Gasteiger partial charge >= 0.3 is 0 Å². The molecule has 4 heterocycles. The summed E-state index contributed by atoms with van der Waals surface area (Å²) < 4.78 is 19.5. The van der Waals surface area contributed by atoms with E-state index in [0.29, 0.717) is 61.0 Å². The zero-order valence-corrected chi connectivity index (χ0v) is 23.9. The fraction of sp³-hybridized carbons (Fsp3) is 0.433.